The largest absolute Gasteiger partial charge is 0.390 e. The van der Waals surface area contributed by atoms with Crippen LogP contribution in [0.3, 0.4) is 0 Å². The van der Waals surface area contributed by atoms with Gasteiger partial charge >= 0.3 is 6.18 Å². The summed E-state index contributed by atoms with van der Waals surface area (Å²) in [4.78, 5) is 10.8. The van der Waals surface area contributed by atoms with Gasteiger partial charge in [0, 0.05) is 38.7 Å². The maximum absolute atomic E-state index is 12.4. The van der Waals surface area contributed by atoms with Crippen molar-refractivity contribution < 1.29 is 26.3 Å². The van der Waals surface area contributed by atoms with Gasteiger partial charge in [-0.15, -0.1) is 6.58 Å². The molecule has 3 heterocycles. The number of alkyl halides is 3. The third kappa shape index (κ3) is 9.18. The van der Waals surface area contributed by atoms with E-state index in [0.29, 0.717) is 42.9 Å². The van der Waals surface area contributed by atoms with Gasteiger partial charge in [-0.25, -0.2) is 22.7 Å². The van der Waals surface area contributed by atoms with Crippen molar-refractivity contribution in [2.45, 2.75) is 44.7 Å². The summed E-state index contributed by atoms with van der Waals surface area (Å²) in [6.45, 7) is 7.31. The van der Waals surface area contributed by atoms with Gasteiger partial charge < -0.3 is 9.64 Å². The van der Waals surface area contributed by atoms with Gasteiger partial charge in [0.05, 0.1) is 36.2 Å². The predicted molar refractivity (Wildman–Crippen MR) is 130 cm³/mol. The Balaban J connectivity index is 1.33. The van der Waals surface area contributed by atoms with E-state index < -0.39 is 28.4 Å². The van der Waals surface area contributed by atoms with E-state index >= 15 is 0 Å². The van der Waals surface area contributed by atoms with Crippen LogP contribution >= 0.6 is 11.6 Å². The number of nitrogens with zero attached hydrogens (tertiary/aromatic N) is 4. The van der Waals surface area contributed by atoms with Crippen LogP contribution in [-0.4, -0.2) is 74.0 Å². The second kappa shape index (κ2) is 12.7. The molecule has 0 saturated carbocycles. The second-order valence-electron chi connectivity index (χ2n) is 9.42. The standard InChI is InChI=1S/C23H34ClF3N4O3S/c1-2-18(13-19-3-8-30(9-4-19)22-28-14-21(24)15-29-22)16-34-17-20-5-10-31(11-6-20)35(32,33)12-7-23(25,26)27/h2,14-15,18-20H,1,3-13,16-17H2/t18-/m1/s1. The van der Waals surface area contributed by atoms with Crippen molar-refractivity contribution in [2.75, 3.05) is 50.0 Å². The summed E-state index contributed by atoms with van der Waals surface area (Å²) in [5.74, 6) is 0.828. The average molecular weight is 539 g/mol. The SMILES string of the molecule is C=C[C@@H](COCC1CCN(S(=O)(=O)CCC(F)(F)F)CC1)CC1CCN(c2ncc(Cl)cn2)CC1. The number of ether oxygens (including phenoxy) is 1. The Bertz CT molecular complexity index is 902. The fourth-order valence-electron chi connectivity index (χ4n) is 4.61. The molecule has 2 aliphatic heterocycles. The molecular formula is C23H34ClF3N4O3S. The molecule has 0 aromatic carbocycles. The average Bonchev–Trinajstić information content (AvgIpc) is 2.83. The number of hydrogen-bond acceptors (Lipinski definition) is 6. The van der Waals surface area contributed by atoms with E-state index in [1.807, 2.05) is 6.08 Å². The van der Waals surface area contributed by atoms with Crippen LogP contribution in [0.15, 0.2) is 25.0 Å². The molecular weight excluding hydrogens is 505 g/mol. The molecule has 1 aromatic heterocycles. The molecule has 0 amide bonds. The molecule has 12 heteroatoms. The first-order chi connectivity index (χ1) is 16.6. The van der Waals surface area contributed by atoms with Gasteiger partial charge in [-0.3, -0.25) is 0 Å². The molecule has 198 valence electrons. The van der Waals surface area contributed by atoms with Crippen LogP contribution in [0.25, 0.3) is 0 Å². The summed E-state index contributed by atoms with van der Waals surface area (Å²) in [6.07, 6.45) is 3.63. The monoisotopic (exact) mass is 538 g/mol. The molecule has 3 rings (SSSR count). The van der Waals surface area contributed by atoms with Crippen molar-refractivity contribution in [3.05, 3.63) is 30.1 Å². The Labute approximate surface area is 210 Å². The fraction of sp³-hybridized carbons (Fsp3) is 0.739. The molecule has 2 fully saturated rings. The molecule has 0 N–H and O–H groups in total. The summed E-state index contributed by atoms with van der Waals surface area (Å²) < 4.78 is 68.6. The summed E-state index contributed by atoms with van der Waals surface area (Å²) in [5.41, 5.74) is 0. The molecule has 2 aliphatic rings. The van der Waals surface area contributed by atoms with E-state index in [1.54, 1.807) is 12.4 Å². The number of rotatable bonds is 11. The smallest absolute Gasteiger partial charge is 0.381 e. The molecule has 0 unspecified atom stereocenters. The van der Waals surface area contributed by atoms with Gasteiger partial charge in [0.25, 0.3) is 0 Å². The highest BCUT2D eigenvalue weighted by molar-refractivity contribution is 7.89. The Morgan fingerprint density at radius 1 is 1.11 bits per heavy atom. The van der Waals surface area contributed by atoms with Gasteiger partial charge in [-0.1, -0.05) is 17.7 Å². The summed E-state index contributed by atoms with van der Waals surface area (Å²) >= 11 is 5.86. The van der Waals surface area contributed by atoms with Crippen LogP contribution in [0.5, 0.6) is 0 Å². The Morgan fingerprint density at radius 3 is 2.29 bits per heavy atom. The zero-order valence-electron chi connectivity index (χ0n) is 19.8. The lowest BCUT2D eigenvalue weighted by Crippen LogP contribution is -2.41. The van der Waals surface area contributed by atoms with Crippen molar-refractivity contribution in [3.63, 3.8) is 0 Å². The number of aromatic nitrogens is 2. The van der Waals surface area contributed by atoms with E-state index in [-0.39, 0.29) is 24.9 Å². The topological polar surface area (TPSA) is 75.6 Å². The summed E-state index contributed by atoms with van der Waals surface area (Å²) in [6, 6.07) is 0. The first-order valence-electron chi connectivity index (χ1n) is 12.0. The molecule has 35 heavy (non-hydrogen) atoms. The third-order valence-electron chi connectivity index (χ3n) is 6.77. The number of halogens is 4. The molecule has 0 spiro atoms. The molecule has 0 bridgehead atoms. The molecule has 0 radical (unpaired) electrons. The van der Waals surface area contributed by atoms with E-state index in [9.17, 15) is 21.6 Å². The normalized spacial score (nSPS) is 20.2. The third-order valence-corrected chi connectivity index (χ3v) is 8.84. The Kier molecular flexibility index (Phi) is 10.2. The highest BCUT2D eigenvalue weighted by Crippen LogP contribution is 2.28. The number of piperidine rings is 2. The number of hydrogen-bond donors (Lipinski definition) is 0. The number of sulfonamides is 1. The Morgan fingerprint density at radius 2 is 1.71 bits per heavy atom. The maximum atomic E-state index is 12.4. The molecule has 0 aliphatic carbocycles. The quantitative estimate of drug-likeness (QED) is 0.385. The van der Waals surface area contributed by atoms with Crippen molar-refractivity contribution >= 4 is 27.6 Å². The molecule has 1 atom stereocenters. The second-order valence-corrected chi connectivity index (χ2v) is 11.9. The van der Waals surface area contributed by atoms with Gasteiger partial charge in [-0.2, -0.15) is 13.2 Å². The lowest BCUT2D eigenvalue weighted by Gasteiger charge is -2.33. The highest BCUT2D eigenvalue weighted by atomic mass is 35.5. The van der Waals surface area contributed by atoms with Crippen molar-refractivity contribution in [1.29, 1.82) is 0 Å². The van der Waals surface area contributed by atoms with Crippen molar-refractivity contribution in [3.8, 4) is 0 Å². The lowest BCUT2D eigenvalue weighted by atomic mass is 9.87. The van der Waals surface area contributed by atoms with Crippen LogP contribution in [0.1, 0.15) is 38.5 Å². The van der Waals surface area contributed by atoms with Gasteiger partial charge in [-0.05, 0) is 43.9 Å². The predicted octanol–water partition coefficient (Wildman–Crippen LogP) is 4.55. The lowest BCUT2D eigenvalue weighted by molar-refractivity contribution is -0.130. The van der Waals surface area contributed by atoms with Gasteiger partial charge in [0.15, 0.2) is 0 Å². The van der Waals surface area contributed by atoms with Gasteiger partial charge in [0.1, 0.15) is 0 Å². The van der Waals surface area contributed by atoms with Crippen molar-refractivity contribution in [1.82, 2.24) is 14.3 Å². The van der Waals surface area contributed by atoms with Crippen LogP contribution in [0.2, 0.25) is 5.02 Å². The minimum atomic E-state index is -4.47. The summed E-state index contributed by atoms with van der Waals surface area (Å²) in [5, 5.41) is 0.522. The first-order valence-corrected chi connectivity index (χ1v) is 14.0. The Hall–Kier alpha value is -1.43. The zero-order valence-corrected chi connectivity index (χ0v) is 21.4. The van der Waals surface area contributed by atoms with E-state index in [4.69, 9.17) is 16.3 Å². The molecule has 7 nitrogen and oxygen atoms in total. The van der Waals surface area contributed by atoms with Crippen LogP contribution in [-0.2, 0) is 14.8 Å². The summed E-state index contributed by atoms with van der Waals surface area (Å²) in [7, 11) is -3.88. The first kappa shape index (κ1) is 28.1. The van der Waals surface area contributed by atoms with Crippen LogP contribution in [0, 0.1) is 17.8 Å². The zero-order chi connectivity index (χ0) is 25.5. The number of anilines is 1. The minimum Gasteiger partial charge on any atom is -0.381 e. The molecule has 1 aromatic rings. The van der Waals surface area contributed by atoms with E-state index in [2.05, 4.69) is 21.4 Å². The fourth-order valence-corrected chi connectivity index (χ4v) is 6.22. The van der Waals surface area contributed by atoms with E-state index in [1.165, 1.54) is 4.31 Å². The van der Waals surface area contributed by atoms with Gasteiger partial charge in [0.2, 0.25) is 16.0 Å². The van der Waals surface area contributed by atoms with Crippen LogP contribution in [0.4, 0.5) is 19.1 Å². The minimum absolute atomic E-state index is 0.206. The maximum Gasteiger partial charge on any atom is 0.390 e. The van der Waals surface area contributed by atoms with Crippen molar-refractivity contribution in [2.24, 2.45) is 17.8 Å². The molecule has 2 saturated heterocycles. The van der Waals surface area contributed by atoms with E-state index in [0.717, 1.165) is 32.4 Å². The van der Waals surface area contributed by atoms with Crippen LogP contribution < -0.4 is 4.90 Å². The highest BCUT2D eigenvalue weighted by Gasteiger charge is 2.34.